The monoisotopic (exact) mass is 430 g/mol. The van der Waals surface area contributed by atoms with E-state index < -0.39 is 0 Å². The molecule has 0 saturated carbocycles. The first-order chi connectivity index (χ1) is 15.6. The van der Waals surface area contributed by atoms with Gasteiger partial charge in [0, 0.05) is 25.3 Å². The lowest BCUT2D eigenvalue weighted by Crippen LogP contribution is -2.41. The zero-order valence-electron chi connectivity index (χ0n) is 18.1. The molecule has 5 rings (SSSR count). The van der Waals surface area contributed by atoms with Crippen molar-refractivity contribution in [2.75, 3.05) is 38.2 Å². The number of fused-ring (bicyclic) bond motifs is 2. The molecule has 0 bridgehead atoms. The van der Waals surface area contributed by atoms with Crippen molar-refractivity contribution < 1.29 is 9.53 Å². The van der Waals surface area contributed by atoms with E-state index >= 15 is 0 Å². The third-order valence-electron chi connectivity index (χ3n) is 6.12. The zero-order valence-corrected chi connectivity index (χ0v) is 18.1. The molecular formula is C25H26N4O3. The smallest absolute Gasteiger partial charge is 0.261 e. The number of hydrogen-bond acceptors (Lipinski definition) is 5. The number of aromatic nitrogens is 2. The van der Waals surface area contributed by atoms with Gasteiger partial charge < -0.3 is 10.1 Å². The molecular weight excluding hydrogens is 404 g/mol. The minimum atomic E-state index is -0.0794. The maximum atomic E-state index is 13.1. The fraction of sp³-hybridized carbons (Fsp3) is 0.320. The predicted octanol–water partition coefficient (Wildman–Crippen LogP) is 2.92. The molecule has 1 amide bonds. The van der Waals surface area contributed by atoms with Gasteiger partial charge in [0.1, 0.15) is 5.82 Å². The number of rotatable bonds is 4. The lowest BCUT2D eigenvalue weighted by Gasteiger charge is -2.25. The van der Waals surface area contributed by atoms with Crippen LogP contribution in [0.4, 0.5) is 5.69 Å². The van der Waals surface area contributed by atoms with Crippen molar-refractivity contribution >= 4 is 34.1 Å². The molecule has 32 heavy (non-hydrogen) atoms. The van der Waals surface area contributed by atoms with E-state index in [0.717, 1.165) is 30.6 Å². The van der Waals surface area contributed by atoms with Crippen LogP contribution in [0.25, 0.3) is 22.6 Å². The molecule has 0 radical (unpaired) electrons. The first-order valence-electron chi connectivity index (χ1n) is 11.0. The number of allylic oxidation sites excluding steroid dienone is 1. The number of hydrogen-bond donors (Lipinski definition) is 1. The van der Waals surface area contributed by atoms with E-state index in [9.17, 15) is 9.59 Å². The van der Waals surface area contributed by atoms with E-state index in [1.165, 1.54) is 5.56 Å². The molecule has 0 aliphatic carbocycles. The zero-order chi connectivity index (χ0) is 22.1. The predicted molar refractivity (Wildman–Crippen MR) is 126 cm³/mol. The van der Waals surface area contributed by atoms with Gasteiger partial charge in [-0.15, -0.1) is 0 Å². The topological polar surface area (TPSA) is 76.5 Å². The molecule has 1 saturated heterocycles. The summed E-state index contributed by atoms with van der Waals surface area (Å²) >= 11 is 0. The Kier molecular flexibility index (Phi) is 5.59. The number of carbonyl (C=O) groups excluding carboxylic acids is 1. The number of ether oxygens (including phenoxy) is 1. The minimum Gasteiger partial charge on any atom is -0.379 e. The van der Waals surface area contributed by atoms with E-state index in [0.29, 0.717) is 48.7 Å². The number of morpholine rings is 1. The van der Waals surface area contributed by atoms with Crippen molar-refractivity contribution in [2.45, 2.75) is 19.9 Å². The number of nitrogens with one attached hydrogen (secondary N) is 1. The summed E-state index contributed by atoms with van der Waals surface area (Å²) in [6, 6.07) is 13.5. The second-order valence-electron chi connectivity index (χ2n) is 8.34. The molecule has 0 atom stereocenters. The third-order valence-corrected chi connectivity index (χ3v) is 6.12. The highest BCUT2D eigenvalue weighted by Crippen LogP contribution is 2.28. The molecule has 2 aliphatic rings. The van der Waals surface area contributed by atoms with Crippen LogP contribution in [-0.2, 0) is 16.1 Å². The molecule has 164 valence electrons. The fourth-order valence-electron chi connectivity index (χ4n) is 4.33. The van der Waals surface area contributed by atoms with Crippen LogP contribution in [0, 0.1) is 6.92 Å². The largest absolute Gasteiger partial charge is 0.379 e. The normalized spacial score (nSPS) is 17.6. The van der Waals surface area contributed by atoms with Crippen molar-refractivity contribution in [3.63, 3.8) is 0 Å². The molecule has 3 aromatic rings. The molecule has 0 spiro atoms. The number of anilines is 1. The first kappa shape index (κ1) is 20.6. The van der Waals surface area contributed by atoms with E-state index in [4.69, 9.17) is 9.72 Å². The van der Waals surface area contributed by atoms with Crippen LogP contribution in [0.2, 0.25) is 0 Å². The summed E-state index contributed by atoms with van der Waals surface area (Å²) in [5.41, 5.74) is 4.59. The Labute approximate surface area is 186 Å². The lowest BCUT2D eigenvalue weighted by atomic mass is 10.0. The highest BCUT2D eigenvalue weighted by molar-refractivity contribution is 5.95. The second-order valence-corrected chi connectivity index (χ2v) is 8.34. The van der Waals surface area contributed by atoms with E-state index in [2.05, 4.69) is 35.3 Å². The van der Waals surface area contributed by atoms with Gasteiger partial charge in [-0.05, 0) is 54.3 Å². The van der Waals surface area contributed by atoms with Crippen molar-refractivity contribution in [2.24, 2.45) is 0 Å². The van der Waals surface area contributed by atoms with Crippen LogP contribution in [0.1, 0.15) is 23.4 Å². The van der Waals surface area contributed by atoms with Crippen LogP contribution in [-0.4, -0.2) is 53.2 Å². The lowest BCUT2D eigenvalue weighted by molar-refractivity contribution is -0.118. The third kappa shape index (κ3) is 4.09. The van der Waals surface area contributed by atoms with Crippen molar-refractivity contribution in [1.29, 1.82) is 0 Å². The van der Waals surface area contributed by atoms with Crippen LogP contribution in [0.3, 0.4) is 0 Å². The molecule has 1 aromatic heterocycles. The summed E-state index contributed by atoms with van der Waals surface area (Å²) in [7, 11) is 0. The Bertz CT molecular complexity index is 1270. The average Bonchev–Trinajstić information content (AvgIpc) is 3.19. The van der Waals surface area contributed by atoms with Crippen molar-refractivity contribution in [1.82, 2.24) is 14.5 Å². The summed E-state index contributed by atoms with van der Waals surface area (Å²) in [4.78, 5) is 32.4. The SMILES string of the molecule is Cc1ccccc1C=C1CCn2c1nc1cc(NC(=O)CN3CCOCC3)ccc1c2=O. The number of aryl methyl sites for hydroxylation is 1. The number of nitrogens with zero attached hydrogens (tertiary/aromatic N) is 3. The van der Waals surface area contributed by atoms with Gasteiger partial charge in [-0.2, -0.15) is 0 Å². The van der Waals surface area contributed by atoms with Gasteiger partial charge in [0.2, 0.25) is 5.91 Å². The summed E-state index contributed by atoms with van der Waals surface area (Å²) in [5, 5.41) is 3.51. The number of amides is 1. The van der Waals surface area contributed by atoms with E-state index in [1.54, 1.807) is 22.8 Å². The summed E-state index contributed by atoms with van der Waals surface area (Å²) in [6.45, 7) is 5.85. The van der Waals surface area contributed by atoms with Crippen LogP contribution < -0.4 is 10.9 Å². The molecule has 7 heteroatoms. The summed E-state index contributed by atoms with van der Waals surface area (Å²) in [6.07, 6.45) is 2.90. The van der Waals surface area contributed by atoms with Gasteiger partial charge >= 0.3 is 0 Å². The molecule has 2 aromatic carbocycles. The Morgan fingerprint density at radius 3 is 2.78 bits per heavy atom. The average molecular weight is 431 g/mol. The highest BCUT2D eigenvalue weighted by atomic mass is 16.5. The molecule has 3 heterocycles. The number of benzene rings is 2. The molecule has 1 N–H and O–H groups in total. The van der Waals surface area contributed by atoms with Crippen LogP contribution in [0.15, 0.2) is 47.3 Å². The standard InChI is InChI=1S/C25H26N4O3/c1-17-4-2-3-5-18(17)14-19-8-9-29-24(19)27-22-15-20(6-7-21(22)25(29)31)26-23(30)16-28-10-12-32-13-11-28/h2-7,14-15H,8-13,16H2,1H3,(H,26,30). The Morgan fingerprint density at radius 2 is 1.97 bits per heavy atom. The highest BCUT2D eigenvalue weighted by Gasteiger charge is 2.21. The van der Waals surface area contributed by atoms with Gasteiger partial charge in [0.25, 0.3) is 5.56 Å². The van der Waals surface area contributed by atoms with Gasteiger partial charge in [-0.25, -0.2) is 4.98 Å². The van der Waals surface area contributed by atoms with Crippen molar-refractivity contribution in [3.8, 4) is 0 Å². The van der Waals surface area contributed by atoms with Gasteiger partial charge in [0.15, 0.2) is 0 Å². The fourth-order valence-corrected chi connectivity index (χ4v) is 4.33. The Balaban J connectivity index is 1.44. The number of carbonyl (C=O) groups is 1. The van der Waals surface area contributed by atoms with E-state index in [1.807, 2.05) is 12.1 Å². The summed E-state index contributed by atoms with van der Waals surface area (Å²) in [5.74, 6) is 0.631. The summed E-state index contributed by atoms with van der Waals surface area (Å²) < 4.78 is 7.08. The Hall–Kier alpha value is -3.29. The first-order valence-corrected chi connectivity index (χ1v) is 11.0. The maximum absolute atomic E-state index is 13.1. The van der Waals surface area contributed by atoms with E-state index in [-0.39, 0.29) is 11.5 Å². The van der Waals surface area contributed by atoms with Crippen molar-refractivity contribution in [3.05, 3.63) is 69.8 Å². The minimum absolute atomic E-state index is 0.0376. The molecule has 7 nitrogen and oxygen atoms in total. The molecule has 1 fully saturated rings. The quantitative estimate of drug-likeness (QED) is 0.689. The van der Waals surface area contributed by atoms with Crippen LogP contribution in [0.5, 0.6) is 0 Å². The second kappa shape index (κ2) is 8.68. The van der Waals surface area contributed by atoms with Gasteiger partial charge in [-0.1, -0.05) is 24.3 Å². The van der Waals surface area contributed by atoms with Gasteiger partial charge in [-0.3, -0.25) is 19.1 Å². The molecule has 2 aliphatic heterocycles. The van der Waals surface area contributed by atoms with Crippen LogP contribution >= 0.6 is 0 Å². The maximum Gasteiger partial charge on any atom is 0.261 e. The van der Waals surface area contributed by atoms with Gasteiger partial charge in [0.05, 0.1) is 30.7 Å². The molecule has 0 unspecified atom stereocenters. The Morgan fingerprint density at radius 1 is 1.16 bits per heavy atom.